The Morgan fingerprint density at radius 3 is 2.45 bits per heavy atom. The van der Waals surface area contributed by atoms with E-state index in [-0.39, 0.29) is 0 Å². The number of halogens is 3. The molecule has 118 valence electrons. The van der Waals surface area contributed by atoms with Gasteiger partial charge in [-0.1, -0.05) is 17.3 Å². The van der Waals surface area contributed by atoms with Gasteiger partial charge in [0.25, 0.3) is 0 Å². The summed E-state index contributed by atoms with van der Waals surface area (Å²) in [7, 11) is 0. The molecule has 3 rings (SSSR count). The molecule has 1 aromatic carbocycles. The molecule has 0 atom stereocenters. The summed E-state index contributed by atoms with van der Waals surface area (Å²) in [5.41, 5.74) is 1.04. The zero-order valence-electron chi connectivity index (χ0n) is 11.9. The van der Waals surface area contributed by atoms with Gasteiger partial charge in [0.05, 0.1) is 11.8 Å². The van der Waals surface area contributed by atoms with Gasteiger partial charge in [0, 0.05) is 32.6 Å². The predicted molar refractivity (Wildman–Crippen MR) is 75.8 cm³/mol. The van der Waals surface area contributed by atoms with Gasteiger partial charge in [-0.05, 0) is 17.7 Å². The molecule has 0 aliphatic carbocycles. The van der Waals surface area contributed by atoms with Crippen LogP contribution < -0.4 is 10.2 Å². The first-order chi connectivity index (χ1) is 10.5. The molecule has 4 nitrogen and oxygen atoms in total. The third kappa shape index (κ3) is 3.24. The summed E-state index contributed by atoms with van der Waals surface area (Å²) >= 11 is 0. The van der Waals surface area contributed by atoms with E-state index >= 15 is 0 Å². The molecule has 0 amide bonds. The molecule has 0 unspecified atom stereocenters. The maximum atomic E-state index is 12.6. The van der Waals surface area contributed by atoms with Crippen molar-refractivity contribution < 1.29 is 17.7 Å². The highest BCUT2D eigenvalue weighted by Crippen LogP contribution is 2.30. The van der Waals surface area contributed by atoms with Crippen LogP contribution in [0.4, 0.5) is 18.9 Å². The summed E-state index contributed by atoms with van der Waals surface area (Å²) < 4.78 is 43.0. The van der Waals surface area contributed by atoms with Crippen LogP contribution in [0, 0.1) is 0 Å². The van der Waals surface area contributed by atoms with E-state index in [2.05, 4.69) is 15.4 Å². The third-order valence-corrected chi connectivity index (χ3v) is 3.73. The van der Waals surface area contributed by atoms with Crippen molar-refractivity contribution in [2.45, 2.75) is 12.6 Å². The molecule has 22 heavy (non-hydrogen) atoms. The van der Waals surface area contributed by atoms with E-state index in [4.69, 9.17) is 4.52 Å². The molecule has 0 spiro atoms. The van der Waals surface area contributed by atoms with E-state index in [1.165, 1.54) is 12.1 Å². The molecule has 1 aliphatic heterocycles. The molecule has 0 saturated carbocycles. The normalized spacial score (nSPS) is 16.0. The lowest BCUT2D eigenvalue weighted by atomic mass is 10.1. The van der Waals surface area contributed by atoms with Crippen molar-refractivity contribution in [2.75, 3.05) is 31.1 Å². The van der Waals surface area contributed by atoms with Gasteiger partial charge >= 0.3 is 6.18 Å². The molecule has 0 bridgehead atoms. The summed E-state index contributed by atoms with van der Waals surface area (Å²) in [5.74, 6) is 0.682. The number of hydrogen-bond donors (Lipinski definition) is 1. The van der Waals surface area contributed by atoms with Crippen LogP contribution in [0.5, 0.6) is 0 Å². The van der Waals surface area contributed by atoms with E-state index in [0.29, 0.717) is 12.2 Å². The smallest absolute Gasteiger partial charge is 0.365 e. The fourth-order valence-corrected chi connectivity index (χ4v) is 2.54. The summed E-state index contributed by atoms with van der Waals surface area (Å²) in [6, 6.07) is 5.14. The van der Waals surface area contributed by atoms with E-state index in [0.717, 1.165) is 49.6 Å². The highest BCUT2D eigenvalue weighted by atomic mass is 19.4. The second-order valence-corrected chi connectivity index (χ2v) is 5.24. The minimum absolute atomic E-state index is 0.428. The van der Waals surface area contributed by atoms with Gasteiger partial charge in [-0.25, -0.2) is 0 Å². The van der Waals surface area contributed by atoms with Crippen molar-refractivity contribution in [3.05, 3.63) is 47.3 Å². The average molecular weight is 311 g/mol. The summed E-state index contributed by atoms with van der Waals surface area (Å²) in [6.07, 6.45) is -2.21. The lowest BCUT2D eigenvalue weighted by molar-refractivity contribution is -0.137. The van der Waals surface area contributed by atoms with Gasteiger partial charge in [0.15, 0.2) is 5.76 Å². The summed E-state index contributed by atoms with van der Waals surface area (Å²) in [4.78, 5) is 2.17. The Hall–Kier alpha value is -2.02. The van der Waals surface area contributed by atoms with Crippen LogP contribution in [0.3, 0.4) is 0 Å². The standard InChI is InChI=1S/C15H16F3N3O/c16-15(17,18)12-3-1-11(2-4-12)9-14-13(10-20-22-14)21-7-5-19-6-8-21/h1-4,10,19H,5-9H2. The van der Waals surface area contributed by atoms with Gasteiger partial charge in [-0.2, -0.15) is 13.2 Å². The molecule has 1 aromatic heterocycles. The monoisotopic (exact) mass is 311 g/mol. The van der Waals surface area contributed by atoms with E-state index < -0.39 is 11.7 Å². The molecular weight excluding hydrogens is 295 g/mol. The van der Waals surface area contributed by atoms with Gasteiger partial charge < -0.3 is 14.7 Å². The zero-order chi connectivity index (χ0) is 15.6. The minimum atomic E-state index is -4.31. The Balaban J connectivity index is 1.75. The number of aromatic nitrogens is 1. The second kappa shape index (κ2) is 6.00. The molecule has 0 radical (unpaired) electrons. The van der Waals surface area contributed by atoms with Gasteiger partial charge in [-0.3, -0.25) is 0 Å². The van der Waals surface area contributed by atoms with Crippen LogP contribution in [0.2, 0.25) is 0 Å². The van der Waals surface area contributed by atoms with E-state index in [9.17, 15) is 13.2 Å². The van der Waals surface area contributed by atoms with Crippen LogP contribution >= 0.6 is 0 Å². The summed E-state index contributed by atoms with van der Waals surface area (Å²) in [5, 5.41) is 7.10. The van der Waals surface area contributed by atoms with Crippen LogP contribution in [-0.4, -0.2) is 31.3 Å². The molecular formula is C15H16F3N3O. The number of hydrogen-bond acceptors (Lipinski definition) is 4. The topological polar surface area (TPSA) is 41.3 Å². The Kier molecular flexibility index (Phi) is 4.06. The maximum Gasteiger partial charge on any atom is 0.416 e. The second-order valence-electron chi connectivity index (χ2n) is 5.24. The first-order valence-corrected chi connectivity index (χ1v) is 7.09. The number of nitrogens with one attached hydrogen (secondary N) is 1. The number of benzene rings is 1. The number of piperazine rings is 1. The SMILES string of the molecule is FC(F)(F)c1ccc(Cc2oncc2N2CCNCC2)cc1. The maximum absolute atomic E-state index is 12.6. The van der Waals surface area contributed by atoms with Crippen LogP contribution in [0.25, 0.3) is 0 Å². The molecule has 2 heterocycles. The molecule has 1 N–H and O–H groups in total. The van der Waals surface area contributed by atoms with Crippen molar-refractivity contribution in [3.8, 4) is 0 Å². The van der Waals surface area contributed by atoms with Crippen LogP contribution in [0.15, 0.2) is 35.0 Å². The molecule has 1 aliphatic rings. The predicted octanol–water partition coefficient (Wildman–Crippen LogP) is 2.69. The van der Waals surface area contributed by atoms with Crippen molar-refractivity contribution in [1.29, 1.82) is 0 Å². The Morgan fingerprint density at radius 1 is 1.14 bits per heavy atom. The van der Waals surface area contributed by atoms with Crippen molar-refractivity contribution in [1.82, 2.24) is 10.5 Å². The fraction of sp³-hybridized carbons (Fsp3) is 0.400. The zero-order valence-corrected chi connectivity index (χ0v) is 11.9. The Bertz CT molecular complexity index is 616. The first kappa shape index (κ1) is 14.9. The fourth-order valence-electron chi connectivity index (χ4n) is 2.54. The highest BCUT2D eigenvalue weighted by Gasteiger charge is 2.30. The Morgan fingerprint density at radius 2 is 1.82 bits per heavy atom. The number of nitrogens with zero attached hydrogens (tertiary/aromatic N) is 2. The quantitative estimate of drug-likeness (QED) is 0.946. The molecule has 2 aromatic rings. The van der Waals surface area contributed by atoms with Crippen molar-refractivity contribution in [2.24, 2.45) is 0 Å². The summed E-state index contributed by atoms with van der Waals surface area (Å²) in [6.45, 7) is 3.51. The third-order valence-electron chi connectivity index (χ3n) is 3.73. The lowest BCUT2D eigenvalue weighted by Crippen LogP contribution is -2.43. The number of rotatable bonds is 3. The minimum Gasteiger partial charge on any atom is -0.365 e. The van der Waals surface area contributed by atoms with E-state index in [1.54, 1.807) is 6.20 Å². The lowest BCUT2D eigenvalue weighted by Gasteiger charge is -2.28. The number of anilines is 1. The van der Waals surface area contributed by atoms with Gasteiger partial charge in [-0.15, -0.1) is 0 Å². The molecule has 1 saturated heterocycles. The molecule has 1 fully saturated rings. The van der Waals surface area contributed by atoms with Crippen LogP contribution in [-0.2, 0) is 12.6 Å². The van der Waals surface area contributed by atoms with Crippen molar-refractivity contribution in [3.63, 3.8) is 0 Å². The number of alkyl halides is 3. The van der Waals surface area contributed by atoms with Gasteiger partial charge in [0.2, 0.25) is 0 Å². The van der Waals surface area contributed by atoms with Crippen LogP contribution in [0.1, 0.15) is 16.9 Å². The van der Waals surface area contributed by atoms with E-state index in [1.807, 2.05) is 0 Å². The highest BCUT2D eigenvalue weighted by molar-refractivity contribution is 5.49. The van der Waals surface area contributed by atoms with Gasteiger partial charge in [0.1, 0.15) is 5.69 Å². The average Bonchev–Trinajstić information content (AvgIpc) is 2.96. The van der Waals surface area contributed by atoms with Crippen molar-refractivity contribution >= 4 is 5.69 Å². The largest absolute Gasteiger partial charge is 0.416 e. The first-order valence-electron chi connectivity index (χ1n) is 7.09. The molecule has 7 heteroatoms. The Labute approximate surface area is 125 Å².